The first-order valence-electron chi connectivity index (χ1n) is 8.78. The highest BCUT2D eigenvalue weighted by molar-refractivity contribution is 14.1. The van der Waals surface area contributed by atoms with Gasteiger partial charge in [-0.25, -0.2) is 0 Å². The number of ketones is 1. The monoisotopic (exact) mass is 463 g/mol. The van der Waals surface area contributed by atoms with Crippen LogP contribution in [0.5, 0.6) is 0 Å². The third-order valence-corrected chi connectivity index (χ3v) is 5.10. The van der Waals surface area contributed by atoms with E-state index in [1.165, 1.54) is 0 Å². The fraction of sp³-hybridized carbons (Fsp3) is 0.333. The number of benzene rings is 2. The molecule has 0 radical (unpaired) electrons. The SMILES string of the molecule is CC(C)CCN1C(=O)C(OCc2ccccc2)C(=O)c2cc(I)ccc21. The maximum absolute atomic E-state index is 13.0. The van der Waals surface area contributed by atoms with E-state index in [1.54, 1.807) is 4.90 Å². The summed E-state index contributed by atoms with van der Waals surface area (Å²) in [6.45, 7) is 5.07. The Hall–Kier alpha value is -1.73. The molecule has 136 valence electrons. The summed E-state index contributed by atoms with van der Waals surface area (Å²) in [6.07, 6.45) is -0.204. The Balaban J connectivity index is 1.88. The molecule has 1 amide bonds. The summed E-state index contributed by atoms with van der Waals surface area (Å²) in [5.41, 5.74) is 2.20. The van der Waals surface area contributed by atoms with Crippen LogP contribution >= 0.6 is 22.6 Å². The van der Waals surface area contributed by atoms with Gasteiger partial charge in [0.2, 0.25) is 5.78 Å². The molecule has 1 aliphatic rings. The number of hydrogen-bond acceptors (Lipinski definition) is 3. The van der Waals surface area contributed by atoms with Crippen LogP contribution in [0.25, 0.3) is 0 Å². The Morgan fingerprint density at radius 2 is 1.85 bits per heavy atom. The standard InChI is InChI=1S/C21H22INO3/c1-14(2)10-11-23-18-9-8-16(22)12-17(18)19(24)20(21(23)25)26-13-15-6-4-3-5-7-15/h3-9,12,14,20H,10-11,13H2,1-2H3. The first kappa shape index (κ1) is 19.0. The summed E-state index contributed by atoms with van der Waals surface area (Å²) >= 11 is 2.18. The van der Waals surface area contributed by atoms with Crippen LogP contribution in [-0.2, 0) is 16.1 Å². The number of carbonyl (C=O) groups is 2. The molecule has 3 rings (SSSR count). The predicted molar refractivity (Wildman–Crippen MR) is 110 cm³/mol. The molecule has 0 spiro atoms. The van der Waals surface area contributed by atoms with Gasteiger partial charge in [-0.3, -0.25) is 9.59 Å². The number of anilines is 1. The van der Waals surface area contributed by atoms with E-state index in [0.29, 0.717) is 23.7 Å². The molecule has 5 heteroatoms. The summed E-state index contributed by atoms with van der Waals surface area (Å²) in [5.74, 6) is -0.0445. The lowest BCUT2D eigenvalue weighted by atomic mass is 9.96. The number of carbonyl (C=O) groups excluding carboxylic acids is 2. The van der Waals surface area contributed by atoms with Gasteiger partial charge in [-0.05, 0) is 58.7 Å². The van der Waals surface area contributed by atoms with Crippen LogP contribution in [0.15, 0.2) is 48.5 Å². The minimum absolute atomic E-state index is 0.236. The van der Waals surface area contributed by atoms with Crippen LogP contribution in [0.1, 0.15) is 36.2 Å². The first-order chi connectivity index (χ1) is 12.5. The molecule has 0 aromatic heterocycles. The van der Waals surface area contributed by atoms with E-state index in [1.807, 2.05) is 48.5 Å². The van der Waals surface area contributed by atoms with Gasteiger partial charge in [-0.15, -0.1) is 0 Å². The van der Waals surface area contributed by atoms with Crippen molar-refractivity contribution in [1.82, 2.24) is 0 Å². The van der Waals surface area contributed by atoms with E-state index < -0.39 is 6.10 Å². The van der Waals surface area contributed by atoms with Crippen molar-refractivity contribution in [2.75, 3.05) is 11.4 Å². The molecule has 1 heterocycles. The van der Waals surface area contributed by atoms with Crippen LogP contribution in [0.3, 0.4) is 0 Å². The van der Waals surface area contributed by atoms with E-state index in [9.17, 15) is 9.59 Å². The third kappa shape index (κ3) is 4.15. The lowest BCUT2D eigenvalue weighted by molar-refractivity contribution is -0.128. The molecule has 0 saturated heterocycles. The highest BCUT2D eigenvalue weighted by Gasteiger charge is 2.40. The average molecular weight is 463 g/mol. The molecule has 2 aromatic carbocycles. The van der Waals surface area contributed by atoms with Gasteiger partial charge < -0.3 is 9.64 Å². The Kier molecular flexibility index (Phi) is 6.09. The lowest BCUT2D eigenvalue weighted by Crippen LogP contribution is -2.50. The van der Waals surface area contributed by atoms with Crippen molar-refractivity contribution in [3.8, 4) is 0 Å². The number of hydrogen-bond donors (Lipinski definition) is 0. The number of ether oxygens (including phenoxy) is 1. The highest BCUT2D eigenvalue weighted by atomic mass is 127. The maximum atomic E-state index is 13.0. The molecule has 2 aromatic rings. The highest BCUT2D eigenvalue weighted by Crippen LogP contribution is 2.31. The molecule has 0 aliphatic carbocycles. The van der Waals surface area contributed by atoms with Gasteiger partial charge in [0.15, 0.2) is 6.10 Å². The largest absolute Gasteiger partial charge is 0.355 e. The van der Waals surface area contributed by atoms with Gasteiger partial charge in [0.1, 0.15) is 0 Å². The Morgan fingerprint density at radius 1 is 1.12 bits per heavy atom. The summed E-state index contributed by atoms with van der Waals surface area (Å²) in [7, 11) is 0. The van der Waals surface area contributed by atoms with Crippen molar-refractivity contribution >= 4 is 40.0 Å². The number of Topliss-reactive ketones (excluding diaryl/α,β-unsaturated/α-hetero) is 1. The van der Waals surface area contributed by atoms with E-state index in [0.717, 1.165) is 15.6 Å². The number of rotatable bonds is 6. The molecular weight excluding hydrogens is 441 g/mol. The topological polar surface area (TPSA) is 46.6 Å². The Bertz CT molecular complexity index is 804. The van der Waals surface area contributed by atoms with Crippen LogP contribution in [0, 0.1) is 9.49 Å². The normalized spacial score (nSPS) is 16.9. The van der Waals surface area contributed by atoms with Crippen molar-refractivity contribution in [1.29, 1.82) is 0 Å². The molecule has 26 heavy (non-hydrogen) atoms. The zero-order valence-corrected chi connectivity index (χ0v) is 17.1. The summed E-state index contributed by atoms with van der Waals surface area (Å²) in [4.78, 5) is 27.6. The molecule has 4 nitrogen and oxygen atoms in total. The Labute approximate surface area is 167 Å². The van der Waals surface area contributed by atoms with E-state index in [-0.39, 0.29) is 18.3 Å². The smallest absolute Gasteiger partial charge is 0.264 e. The number of amides is 1. The quantitative estimate of drug-likeness (QED) is 0.470. The van der Waals surface area contributed by atoms with E-state index in [2.05, 4.69) is 36.4 Å². The first-order valence-corrected chi connectivity index (χ1v) is 9.86. The third-order valence-electron chi connectivity index (χ3n) is 4.43. The van der Waals surface area contributed by atoms with Crippen LogP contribution in [0.2, 0.25) is 0 Å². The predicted octanol–water partition coefficient (Wildman–Crippen LogP) is 4.45. The molecule has 0 saturated carbocycles. The number of nitrogens with zero attached hydrogens (tertiary/aromatic N) is 1. The van der Waals surface area contributed by atoms with Crippen molar-refractivity contribution in [3.05, 3.63) is 63.2 Å². The van der Waals surface area contributed by atoms with Gasteiger partial charge >= 0.3 is 0 Å². The minimum Gasteiger partial charge on any atom is -0.355 e. The van der Waals surface area contributed by atoms with Crippen LogP contribution in [0.4, 0.5) is 5.69 Å². The summed E-state index contributed by atoms with van der Waals surface area (Å²) in [6, 6.07) is 15.2. The molecular formula is C21H22INO3. The Morgan fingerprint density at radius 3 is 2.54 bits per heavy atom. The maximum Gasteiger partial charge on any atom is 0.264 e. The summed E-state index contributed by atoms with van der Waals surface area (Å²) < 4.78 is 6.75. The fourth-order valence-electron chi connectivity index (χ4n) is 2.97. The zero-order valence-electron chi connectivity index (χ0n) is 14.9. The zero-order chi connectivity index (χ0) is 18.7. The van der Waals surface area contributed by atoms with E-state index in [4.69, 9.17) is 4.74 Å². The second-order valence-electron chi connectivity index (χ2n) is 6.87. The van der Waals surface area contributed by atoms with Gasteiger partial charge in [0.05, 0.1) is 12.3 Å². The molecule has 1 aliphatic heterocycles. The lowest BCUT2D eigenvalue weighted by Gasteiger charge is -2.33. The van der Waals surface area contributed by atoms with Gasteiger partial charge in [0.25, 0.3) is 5.91 Å². The molecule has 1 unspecified atom stereocenters. The van der Waals surface area contributed by atoms with Gasteiger partial charge in [-0.2, -0.15) is 0 Å². The summed E-state index contributed by atoms with van der Waals surface area (Å²) in [5, 5.41) is 0. The average Bonchev–Trinajstić information content (AvgIpc) is 2.62. The van der Waals surface area contributed by atoms with Crippen molar-refractivity contribution < 1.29 is 14.3 Å². The second-order valence-corrected chi connectivity index (χ2v) is 8.12. The van der Waals surface area contributed by atoms with Gasteiger partial charge in [-0.1, -0.05) is 44.2 Å². The molecule has 0 fully saturated rings. The fourth-order valence-corrected chi connectivity index (χ4v) is 3.46. The number of fused-ring (bicyclic) bond motifs is 1. The number of halogens is 1. The van der Waals surface area contributed by atoms with E-state index >= 15 is 0 Å². The molecule has 0 bridgehead atoms. The van der Waals surface area contributed by atoms with Crippen molar-refractivity contribution in [2.24, 2.45) is 5.92 Å². The molecule has 1 atom stereocenters. The van der Waals surface area contributed by atoms with Crippen molar-refractivity contribution in [3.63, 3.8) is 0 Å². The van der Waals surface area contributed by atoms with Gasteiger partial charge in [0, 0.05) is 15.7 Å². The van der Waals surface area contributed by atoms with Crippen molar-refractivity contribution in [2.45, 2.75) is 33.0 Å². The minimum atomic E-state index is -1.08. The van der Waals surface area contributed by atoms with Crippen LogP contribution < -0.4 is 4.90 Å². The molecule has 0 N–H and O–H groups in total. The van der Waals surface area contributed by atoms with Crippen LogP contribution in [-0.4, -0.2) is 24.3 Å². The second kappa shape index (κ2) is 8.31.